The fourth-order valence-corrected chi connectivity index (χ4v) is 2.37. The average molecular weight is 341 g/mol. The number of aromatic nitrogens is 1. The molecule has 1 atom stereocenters. The number of hydrogen-bond acceptors (Lipinski definition) is 4. The van der Waals surface area contributed by atoms with Gasteiger partial charge in [-0.3, -0.25) is 4.79 Å². The van der Waals surface area contributed by atoms with Crippen LogP contribution in [-0.4, -0.2) is 23.1 Å². The van der Waals surface area contributed by atoms with E-state index in [1.165, 1.54) is 25.3 Å². The third-order valence-corrected chi connectivity index (χ3v) is 3.32. The zero-order valence-electron chi connectivity index (χ0n) is 11.7. The van der Waals surface area contributed by atoms with Gasteiger partial charge in [0.05, 0.1) is 19.3 Å². The second kappa shape index (κ2) is 7.45. The van der Waals surface area contributed by atoms with Gasteiger partial charge in [-0.2, -0.15) is 0 Å². The molecule has 7 heteroatoms. The van der Waals surface area contributed by atoms with Gasteiger partial charge in [-0.25, -0.2) is 4.98 Å². The van der Waals surface area contributed by atoms with Crippen LogP contribution < -0.4 is 10.1 Å². The number of aliphatic hydroxyl groups excluding tert-OH is 1. The number of carbonyl (C=O) groups is 1. The first kappa shape index (κ1) is 16.5. The van der Waals surface area contributed by atoms with E-state index in [0.717, 1.165) is 0 Å². The number of nitrogens with one attached hydrogen (secondary N) is 1. The highest BCUT2D eigenvalue weighted by Gasteiger charge is 2.18. The summed E-state index contributed by atoms with van der Waals surface area (Å²) < 4.78 is 5.00. The van der Waals surface area contributed by atoms with Crippen LogP contribution >= 0.6 is 23.2 Å². The topological polar surface area (TPSA) is 71.5 Å². The summed E-state index contributed by atoms with van der Waals surface area (Å²) in [7, 11) is 1.51. The fourth-order valence-electron chi connectivity index (χ4n) is 1.83. The average Bonchev–Trinajstić information content (AvgIpc) is 2.51. The Morgan fingerprint density at radius 3 is 2.64 bits per heavy atom. The van der Waals surface area contributed by atoms with Crippen molar-refractivity contribution in [3.63, 3.8) is 0 Å². The molecule has 1 aromatic heterocycles. The SMILES string of the molecule is COc1cccc(CNC(=O)[C@@H](O)c2cc(Cl)cc(Cl)c2)n1. The molecule has 0 bridgehead atoms. The van der Waals surface area contributed by atoms with E-state index in [4.69, 9.17) is 27.9 Å². The van der Waals surface area contributed by atoms with Crippen LogP contribution in [0.3, 0.4) is 0 Å². The molecule has 0 saturated heterocycles. The summed E-state index contributed by atoms with van der Waals surface area (Å²) in [5.74, 6) is -0.114. The van der Waals surface area contributed by atoms with Crippen molar-refractivity contribution >= 4 is 29.1 Å². The maximum absolute atomic E-state index is 12.0. The van der Waals surface area contributed by atoms with Crippen molar-refractivity contribution < 1.29 is 14.6 Å². The number of hydrogen-bond donors (Lipinski definition) is 2. The van der Waals surface area contributed by atoms with Gasteiger partial charge < -0.3 is 15.2 Å². The van der Waals surface area contributed by atoms with E-state index in [2.05, 4.69) is 10.3 Å². The van der Waals surface area contributed by atoms with Gasteiger partial charge in [0.25, 0.3) is 5.91 Å². The van der Waals surface area contributed by atoms with E-state index >= 15 is 0 Å². The number of rotatable bonds is 5. The normalized spacial score (nSPS) is 11.8. The Balaban J connectivity index is 2.02. The number of aliphatic hydroxyl groups is 1. The number of amides is 1. The molecule has 2 aromatic rings. The van der Waals surface area contributed by atoms with E-state index < -0.39 is 12.0 Å². The Kier molecular flexibility index (Phi) is 5.60. The Labute approximate surface area is 137 Å². The molecule has 2 rings (SSSR count). The molecule has 1 heterocycles. The van der Waals surface area contributed by atoms with Crippen LogP contribution in [0.15, 0.2) is 36.4 Å². The zero-order chi connectivity index (χ0) is 16.1. The van der Waals surface area contributed by atoms with Crippen molar-refractivity contribution in [2.45, 2.75) is 12.6 Å². The second-order valence-electron chi connectivity index (χ2n) is 4.49. The molecular weight excluding hydrogens is 327 g/mol. The van der Waals surface area contributed by atoms with Gasteiger partial charge in [0.15, 0.2) is 6.10 Å². The predicted octanol–water partition coefficient (Wildman–Crippen LogP) is 2.75. The lowest BCUT2D eigenvalue weighted by molar-refractivity contribution is -0.129. The van der Waals surface area contributed by atoms with Crippen LogP contribution in [0.25, 0.3) is 0 Å². The molecule has 2 N–H and O–H groups in total. The molecule has 0 spiro atoms. The third-order valence-electron chi connectivity index (χ3n) is 2.88. The molecule has 0 saturated carbocycles. The number of nitrogens with zero attached hydrogens (tertiary/aromatic N) is 1. The standard InChI is InChI=1S/C15H14Cl2N2O3/c1-22-13-4-2-3-12(19-13)8-18-15(21)14(20)9-5-10(16)7-11(17)6-9/h2-7,14,20H,8H2,1H3,(H,18,21)/t14-/m0/s1. The van der Waals surface area contributed by atoms with Crippen molar-refractivity contribution in [3.05, 3.63) is 57.7 Å². The summed E-state index contributed by atoms with van der Waals surface area (Å²) >= 11 is 11.7. The molecule has 0 aliphatic rings. The number of carbonyl (C=O) groups excluding carboxylic acids is 1. The van der Waals surface area contributed by atoms with Crippen molar-refractivity contribution in [2.75, 3.05) is 7.11 Å². The zero-order valence-corrected chi connectivity index (χ0v) is 13.2. The lowest BCUT2D eigenvalue weighted by atomic mass is 10.1. The highest BCUT2D eigenvalue weighted by molar-refractivity contribution is 6.34. The summed E-state index contributed by atoms with van der Waals surface area (Å²) in [6.45, 7) is 0.168. The monoisotopic (exact) mass is 340 g/mol. The van der Waals surface area contributed by atoms with Crippen LogP contribution in [0, 0.1) is 0 Å². The van der Waals surface area contributed by atoms with E-state index in [9.17, 15) is 9.90 Å². The molecule has 0 aliphatic carbocycles. The lowest BCUT2D eigenvalue weighted by Crippen LogP contribution is -2.29. The third kappa shape index (κ3) is 4.34. The molecule has 22 heavy (non-hydrogen) atoms. The molecule has 1 aromatic carbocycles. The minimum absolute atomic E-state index is 0.168. The van der Waals surface area contributed by atoms with Crippen LogP contribution in [0.5, 0.6) is 5.88 Å². The van der Waals surface area contributed by atoms with Gasteiger partial charge in [-0.1, -0.05) is 29.3 Å². The molecule has 0 aliphatic heterocycles. The predicted molar refractivity (Wildman–Crippen MR) is 84.1 cm³/mol. The van der Waals surface area contributed by atoms with E-state index in [1.807, 2.05) is 0 Å². The van der Waals surface area contributed by atoms with Crippen molar-refractivity contribution in [3.8, 4) is 5.88 Å². The largest absolute Gasteiger partial charge is 0.481 e. The molecule has 5 nitrogen and oxygen atoms in total. The summed E-state index contributed by atoms with van der Waals surface area (Å²) in [6, 6.07) is 9.71. The van der Waals surface area contributed by atoms with Crippen molar-refractivity contribution in [1.82, 2.24) is 10.3 Å². The minimum atomic E-state index is -1.36. The lowest BCUT2D eigenvalue weighted by Gasteiger charge is -2.12. The van der Waals surface area contributed by atoms with Gasteiger partial charge in [0.2, 0.25) is 5.88 Å². The van der Waals surface area contributed by atoms with Crippen LogP contribution in [-0.2, 0) is 11.3 Å². The molecule has 1 amide bonds. The maximum Gasteiger partial charge on any atom is 0.253 e. The first-order valence-electron chi connectivity index (χ1n) is 6.41. The Hall–Kier alpha value is -1.82. The molecule has 0 radical (unpaired) electrons. The smallest absolute Gasteiger partial charge is 0.253 e. The van der Waals surface area contributed by atoms with Crippen LogP contribution in [0.4, 0.5) is 0 Å². The Morgan fingerprint density at radius 1 is 1.32 bits per heavy atom. The molecule has 0 fully saturated rings. The quantitative estimate of drug-likeness (QED) is 0.877. The summed E-state index contributed by atoms with van der Waals surface area (Å²) in [5.41, 5.74) is 0.942. The van der Waals surface area contributed by atoms with Gasteiger partial charge in [-0.15, -0.1) is 0 Å². The fraction of sp³-hybridized carbons (Fsp3) is 0.200. The van der Waals surface area contributed by atoms with Gasteiger partial charge >= 0.3 is 0 Å². The second-order valence-corrected chi connectivity index (χ2v) is 5.37. The van der Waals surface area contributed by atoms with Crippen LogP contribution in [0.1, 0.15) is 17.4 Å². The number of ether oxygens (including phenoxy) is 1. The van der Waals surface area contributed by atoms with E-state index in [1.54, 1.807) is 18.2 Å². The number of methoxy groups -OCH3 is 1. The molecule has 0 unspecified atom stereocenters. The summed E-state index contributed by atoms with van der Waals surface area (Å²) in [6.07, 6.45) is -1.36. The van der Waals surface area contributed by atoms with Gasteiger partial charge in [0, 0.05) is 16.1 Å². The Morgan fingerprint density at radius 2 is 2.00 bits per heavy atom. The number of pyridine rings is 1. The number of halogens is 2. The number of benzene rings is 1. The molecular formula is C15H14Cl2N2O3. The molecule has 116 valence electrons. The van der Waals surface area contributed by atoms with Crippen molar-refractivity contribution in [2.24, 2.45) is 0 Å². The Bertz CT molecular complexity index is 659. The van der Waals surface area contributed by atoms with Gasteiger partial charge in [-0.05, 0) is 29.8 Å². The highest BCUT2D eigenvalue weighted by atomic mass is 35.5. The maximum atomic E-state index is 12.0. The highest BCUT2D eigenvalue weighted by Crippen LogP contribution is 2.23. The van der Waals surface area contributed by atoms with Crippen molar-refractivity contribution in [1.29, 1.82) is 0 Å². The first-order valence-corrected chi connectivity index (χ1v) is 7.17. The van der Waals surface area contributed by atoms with Crippen LogP contribution in [0.2, 0.25) is 10.0 Å². The summed E-state index contributed by atoms with van der Waals surface area (Å²) in [4.78, 5) is 16.2. The van der Waals surface area contributed by atoms with E-state index in [0.29, 0.717) is 27.2 Å². The van der Waals surface area contributed by atoms with E-state index in [-0.39, 0.29) is 6.54 Å². The first-order chi connectivity index (χ1) is 10.5. The van der Waals surface area contributed by atoms with Gasteiger partial charge in [0.1, 0.15) is 0 Å². The minimum Gasteiger partial charge on any atom is -0.481 e. The summed E-state index contributed by atoms with van der Waals surface area (Å²) in [5, 5.41) is 13.3.